The van der Waals surface area contributed by atoms with Gasteiger partial charge in [-0.15, -0.1) is 0 Å². The predicted octanol–water partition coefficient (Wildman–Crippen LogP) is -1.99. The van der Waals surface area contributed by atoms with Crippen molar-refractivity contribution in [1.29, 1.82) is 0 Å². The third-order valence-corrected chi connectivity index (χ3v) is 3.49. The van der Waals surface area contributed by atoms with E-state index in [2.05, 4.69) is 5.32 Å². The second-order valence-electron chi connectivity index (χ2n) is 6.26. The molecule has 2 atom stereocenters. The summed E-state index contributed by atoms with van der Waals surface area (Å²) in [7, 11) is 5.54. The number of hydrogen-bond donors (Lipinski definition) is 3. The fourth-order valence-electron chi connectivity index (χ4n) is 2.29. The Morgan fingerprint density at radius 2 is 2.24 bits per heavy atom. The third kappa shape index (κ3) is 5.95. The van der Waals surface area contributed by atoms with Crippen LogP contribution in [0.3, 0.4) is 0 Å². The van der Waals surface area contributed by atoms with Gasteiger partial charge in [-0.25, -0.2) is 0 Å². The summed E-state index contributed by atoms with van der Waals surface area (Å²) in [6, 6.07) is -0.189. The molecular weight excluding hydrogens is 276 g/mol. The van der Waals surface area contributed by atoms with Crippen LogP contribution in [0.15, 0.2) is 0 Å². The summed E-state index contributed by atoms with van der Waals surface area (Å²) in [6.45, 7) is 3.88. The van der Waals surface area contributed by atoms with Gasteiger partial charge in [-0.05, 0) is 14.0 Å². The Morgan fingerprint density at radius 1 is 1.57 bits per heavy atom. The van der Waals surface area contributed by atoms with Gasteiger partial charge < -0.3 is 20.0 Å². The van der Waals surface area contributed by atoms with Gasteiger partial charge in [0.15, 0.2) is 12.5 Å². The number of hydroxylamine groups is 2. The Bertz CT molecular complexity index is 340. The van der Waals surface area contributed by atoms with Crippen LogP contribution in [0, 0.1) is 0 Å². The second-order valence-corrected chi connectivity index (χ2v) is 6.26. The Balaban J connectivity index is 2.47. The molecule has 0 aliphatic carbocycles. The van der Waals surface area contributed by atoms with Crippen molar-refractivity contribution >= 4 is 5.78 Å². The van der Waals surface area contributed by atoms with Crippen molar-refractivity contribution in [3.8, 4) is 0 Å². The van der Waals surface area contributed by atoms with Crippen LogP contribution in [0.4, 0.5) is 0 Å². The molecule has 1 heterocycles. The average molecular weight is 305 g/mol. The fraction of sp³-hybridized carbons (Fsp3) is 0.923. The summed E-state index contributed by atoms with van der Waals surface area (Å²) in [4.78, 5) is 18.7. The van der Waals surface area contributed by atoms with E-state index in [1.54, 1.807) is 12.0 Å². The number of carbonyl (C=O) groups is 1. The number of hydrogen-bond acceptors (Lipinski definition) is 7. The number of quaternary nitrogens is 1. The first-order valence-electron chi connectivity index (χ1n) is 7.17. The number of carbonyl (C=O) groups excluding carboxylic acids is 1. The lowest BCUT2D eigenvalue weighted by Gasteiger charge is -2.41. The molecule has 0 aromatic heterocycles. The fourth-order valence-corrected chi connectivity index (χ4v) is 2.29. The number of ketones is 1. The van der Waals surface area contributed by atoms with Crippen LogP contribution in [0.1, 0.15) is 6.92 Å². The number of rotatable bonds is 10. The van der Waals surface area contributed by atoms with E-state index in [4.69, 9.17) is 4.84 Å². The number of aliphatic hydroxyl groups is 2. The van der Waals surface area contributed by atoms with Crippen molar-refractivity contribution in [2.75, 3.05) is 60.9 Å². The number of Topliss-reactive ketones (excluding diaryl/α,β-unsaturated/α-hetero) is 1. The molecule has 0 aromatic rings. The van der Waals surface area contributed by atoms with Gasteiger partial charge in [0.25, 0.3) is 0 Å². The van der Waals surface area contributed by atoms with Crippen LogP contribution in [-0.2, 0) is 9.63 Å². The molecule has 1 rings (SSSR count). The first-order valence-corrected chi connectivity index (χ1v) is 7.17. The summed E-state index contributed by atoms with van der Waals surface area (Å²) in [5, 5.41) is 24.1. The molecule has 8 heteroatoms. The van der Waals surface area contributed by atoms with Crippen molar-refractivity contribution in [1.82, 2.24) is 15.3 Å². The third-order valence-electron chi connectivity index (χ3n) is 3.49. The maximum absolute atomic E-state index is 11.4. The molecule has 0 radical (unpaired) electrons. The minimum Gasteiger partial charge on any atom is -0.386 e. The molecule has 1 aliphatic heterocycles. The van der Waals surface area contributed by atoms with E-state index in [9.17, 15) is 15.0 Å². The number of nitrogens with one attached hydrogen (secondary N) is 1. The van der Waals surface area contributed by atoms with Crippen LogP contribution < -0.4 is 5.32 Å². The summed E-state index contributed by atoms with van der Waals surface area (Å²) >= 11 is 0. The van der Waals surface area contributed by atoms with Crippen LogP contribution >= 0.6 is 0 Å². The van der Waals surface area contributed by atoms with E-state index in [0.29, 0.717) is 37.5 Å². The highest BCUT2D eigenvalue weighted by molar-refractivity contribution is 5.81. The first-order chi connectivity index (χ1) is 9.79. The van der Waals surface area contributed by atoms with Gasteiger partial charge in [0.2, 0.25) is 0 Å². The molecule has 3 N–H and O–H groups in total. The van der Waals surface area contributed by atoms with Gasteiger partial charge in [-0.2, -0.15) is 5.06 Å². The SMILES string of the molecule is CNCN(CC(O)C[N+](C)(C)CO)CN1OCC1C(C)=O. The Kier molecular flexibility index (Phi) is 7.14. The van der Waals surface area contributed by atoms with E-state index in [1.807, 2.05) is 26.0 Å². The zero-order valence-electron chi connectivity index (χ0n) is 13.4. The van der Waals surface area contributed by atoms with Crippen LogP contribution in [-0.4, -0.2) is 103 Å². The van der Waals surface area contributed by atoms with Crippen molar-refractivity contribution in [3.05, 3.63) is 0 Å². The van der Waals surface area contributed by atoms with Crippen molar-refractivity contribution in [3.63, 3.8) is 0 Å². The van der Waals surface area contributed by atoms with Gasteiger partial charge in [0, 0.05) is 13.2 Å². The van der Waals surface area contributed by atoms with Crippen LogP contribution in [0.25, 0.3) is 0 Å². The van der Waals surface area contributed by atoms with E-state index < -0.39 is 6.10 Å². The molecular formula is C13H29N4O4+. The highest BCUT2D eigenvalue weighted by Crippen LogP contribution is 2.15. The van der Waals surface area contributed by atoms with Crippen LogP contribution in [0.5, 0.6) is 0 Å². The Morgan fingerprint density at radius 3 is 2.67 bits per heavy atom. The van der Waals surface area contributed by atoms with Gasteiger partial charge in [0.1, 0.15) is 18.7 Å². The van der Waals surface area contributed by atoms with Crippen molar-refractivity contribution in [2.45, 2.75) is 19.1 Å². The quantitative estimate of drug-likeness (QED) is 0.318. The van der Waals surface area contributed by atoms with Gasteiger partial charge in [0.05, 0.1) is 27.4 Å². The first kappa shape index (κ1) is 18.4. The maximum Gasteiger partial charge on any atom is 0.179 e. The number of aliphatic hydroxyl groups excluding tert-OH is 2. The predicted molar refractivity (Wildman–Crippen MR) is 77.8 cm³/mol. The average Bonchev–Trinajstić information content (AvgIpc) is 2.33. The Hall–Kier alpha value is -0.610. The molecule has 1 fully saturated rings. The van der Waals surface area contributed by atoms with Crippen molar-refractivity contribution in [2.24, 2.45) is 0 Å². The molecule has 0 bridgehead atoms. The summed E-state index contributed by atoms with van der Waals surface area (Å²) in [5.74, 6) is 0.0873. The molecule has 0 saturated carbocycles. The van der Waals surface area contributed by atoms with E-state index in [-0.39, 0.29) is 18.6 Å². The molecule has 2 unspecified atom stereocenters. The zero-order valence-corrected chi connectivity index (χ0v) is 13.4. The lowest BCUT2D eigenvalue weighted by Crippen LogP contribution is -2.59. The minimum absolute atomic E-state index is 0.0231. The summed E-state index contributed by atoms with van der Waals surface area (Å²) in [5.41, 5.74) is 0. The maximum atomic E-state index is 11.4. The Labute approximate surface area is 126 Å². The van der Waals surface area contributed by atoms with Crippen LogP contribution in [0.2, 0.25) is 0 Å². The standard InChI is InChI=1S/C13H29N4O4/c1-11(19)13-7-21-16(13)9-15(8-14-2)5-12(20)6-17(3,4)10-18/h12-14,18,20H,5-10H2,1-4H3/q+1. The summed E-state index contributed by atoms with van der Waals surface area (Å²) in [6.07, 6.45) is -0.572. The molecule has 1 aliphatic rings. The lowest BCUT2D eigenvalue weighted by molar-refractivity contribution is -0.911. The number of nitrogens with zero attached hydrogens (tertiary/aromatic N) is 3. The van der Waals surface area contributed by atoms with Gasteiger partial charge in [-0.1, -0.05) is 0 Å². The van der Waals surface area contributed by atoms with E-state index >= 15 is 0 Å². The topological polar surface area (TPSA) is 85.3 Å². The normalized spacial score (nSPS) is 21.4. The van der Waals surface area contributed by atoms with Gasteiger partial charge >= 0.3 is 0 Å². The highest BCUT2D eigenvalue weighted by Gasteiger charge is 2.35. The van der Waals surface area contributed by atoms with Crippen molar-refractivity contribution < 1.29 is 24.3 Å². The molecule has 124 valence electrons. The number of likely N-dealkylation sites (N-methyl/N-ethyl adjacent to an activating group) is 1. The zero-order chi connectivity index (χ0) is 16.0. The second kappa shape index (κ2) is 8.14. The highest BCUT2D eigenvalue weighted by atomic mass is 16.7. The molecule has 0 spiro atoms. The molecule has 0 aromatic carbocycles. The molecule has 0 amide bonds. The molecule has 1 saturated heterocycles. The monoisotopic (exact) mass is 305 g/mol. The van der Waals surface area contributed by atoms with Gasteiger partial charge in [-0.3, -0.25) is 14.5 Å². The molecule has 8 nitrogen and oxygen atoms in total. The van der Waals surface area contributed by atoms with E-state index in [0.717, 1.165) is 0 Å². The lowest BCUT2D eigenvalue weighted by atomic mass is 10.2. The minimum atomic E-state index is -0.572. The largest absolute Gasteiger partial charge is 0.386 e. The van der Waals surface area contributed by atoms with E-state index in [1.165, 1.54) is 0 Å². The smallest absolute Gasteiger partial charge is 0.179 e. The summed E-state index contributed by atoms with van der Waals surface area (Å²) < 4.78 is 0.338. The molecule has 21 heavy (non-hydrogen) atoms.